The predicted octanol–water partition coefficient (Wildman–Crippen LogP) is 4.23. The van der Waals surface area contributed by atoms with Crippen LogP contribution < -0.4 is 0 Å². The van der Waals surface area contributed by atoms with E-state index in [2.05, 4.69) is 13.0 Å². The molecule has 0 aliphatic heterocycles. The van der Waals surface area contributed by atoms with Crippen molar-refractivity contribution in [2.75, 3.05) is 0 Å². The Morgan fingerprint density at radius 2 is 2.32 bits per heavy atom. The molecule has 3 atom stereocenters. The topological polar surface area (TPSA) is 44.0 Å². The summed E-state index contributed by atoms with van der Waals surface area (Å²) in [6.45, 7) is 2.07. The van der Waals surface area contributed by atoms with Gasteiger partial charge in [-0.25, -0.2) is 4.39 Å². The van der Waals surface area contributed by atoms with Crippen molar-refractivity contribution in [1.82, 2.24) is 0 Å². The second-order valence-corrected chi connectivity index (χ2v) is 5.97. The standard InChI is InChI=1S/C15H17ClFNO/c1-10-3-2-6-15(8-10,9-18)14(19)12-5-4-11(16)7-13(12)17/h4-5,7,10,14,19H,2-3,6,8H2,1H3. The first-order valence-electron chi connectivity index (χ1n) is 6.53. The van der Waals surface area contributed by atoms with Crippen molar-refractivity contribution in [3.8, 4) is 6.07 Å². The first-order chi connectivity index (χ1) is 8.98. The van der Waals surface area contributed by atoms with Gasteiger partial charge in [0.15, 0.2) is 0 Å². The maximum absolute atomic E-state index is 13.9. The molecule has 3 unspecified atom stereocenters. The van der Waals surface area contributed by atoms with Gasteiger partial charge in [0.1, 0.15) is 11.9 Å². The molecule has 1 aromatic carbocycles. The molecule has 1 saturated carbocycles. The highest BCUT2D eigenvalue weighted by Gasteiger charge is 2.43. The molecule has 0 saturated heterocycles. The summed E-state index contributed by atoms with van der Waals surface area (Å²) in [6.07, 6.45) is 2.06. The highest BCUT2D eigenvalue weighted by molar-refractivity contribution is 6.30. The first-order valence-corrected chi connectivity index (χ1v) is 6.90. The molecule has 2 nitrogen and oxygen atoms in total. The minimum atomic E-state index is -1.10. The van der Waals surface area contributed by atoms with Gasteiger partial charge in [-0.1, -0.05) is 37.4 Å². The molecule has 0 radical (unpaired) electrons. The van der Waals surface area contributed by atoms with Gasteiger partial charge in [-0.05, 0) is 30.9 Å². The summed E-state index contributed by atoms with van der Waals surface area (Å²) in [4.78, 5) is 0. The zero-order chi connectivity index (χ0) is 14.0. The molecular weight excluding hydrogens is 265 g/mol. The van der Waals surface area contributed by atoms with Crippen molar-refractivity contribution in [2.24, 2.45) is 11.3 Å². The minimum Gasteiger partial charge on any atom is -0.387 e. The molecule has 1 fully saturated rings. The minimum absolute atomic E-state index is 0.167. The van der Waals surface area contributed by atoms with E-state index < -0.39 is 17.3 Å². The molecule has 1 aliphatic rings. The van der Waals surface area contributed by atoms with E-state index in [0.29, 0.717) is 18.8 Å². The van der Waals surface area contributed by atoms with Crippen molar-refractivity contribution < 1.29 is 9.50 Å². The van der Waals surface area contributed by atoms with Gasteiger partial charge in [0.25, 0.3) is 0 Å². The first kappa shape index (κ1) is 14.3. The maximum Gasteiger partial charge on any atom is 0.130 e. The lowest BCUT2D eigenvalue weighted by molar-refractivity contribution is 0.0196. The fourth-order valence-electron chi connectivity index (χ4n) is 3.02. The Hall–Kier alpha value is -1.11. The van der Waals surface area contributed by atoms with E-state index in [1.54, 1.807) is 6.07 Å². The zero-order valence-electron chi connectivity index (χ0n) is 10.9. The van der Waals surface area contributed by atoms with Gasteiger partial charge in [0, 0.05) is 10.6 Å². The number of rotatable bonds is 2. The highest BCUT2D eigenvalue weighted by Crippen LogP contribution is 2.48. The number of halogens is 2. The van der Waals surface area contributed by atoms with Gasteiger partial charge in [0.2, 0.25) is 0 Å². The van der Waals surface area contributed by atoms with Gasteiger partial charge >= 0.3 is 0 Å². The Labute approximate surface area is 117 Å². The molecule has 102 valence electrons. The SMILES string of the molecule is CC1CCCC(C#N)(C(O)c2ccc(Cl)cc2F)C1. The maximum atomic E-state index is 13.9. The Bertz CT molecular complexity index is 513. The predicted molar refractivity (Wildman–Crippen MR) is 72.0 cm³/mol. The molecule has 4 heteroatoms. The molecular formula is C15H17ClFNO. The van der Waals surface area contributed by atoms with Crippen LogP contribution in [-0.2, 0) is 0 Å². The summed E-state index contributed by atoms with van der Waals surface area (Å²) in [5, 5.41) is 20.2. The van der Waals surface area contributed by atoms with Crippen molar-refractivity contribution in [3.05, 3.63) is 34.6 Å². The summed E-state index contributed by atoms with van der Waals surface area (Å²) >= 11 is 5.71. The van der Waals surface area contributed by atoms with Crippen LogP contribution in [0, 0.1) is 28.5 Å². The summed E-state index contributed by atoms with van der Waals surface area (Å²) < 4.78 is 13.9. The van der Waals surface area contributed by atoms with Crippen LogP contribution in [0.2, 0.25) is 5.02 Å². The monoisotopic (exact) mass is 281 g/mol. The van der Waals surface area contributed by atoms with Gasteiger partial charge in [-0.2, -0.15) is 5.26 Å². The van der Waals surface area contributed by atoms with Gasteiger partial charge in [-0.15, -0.1) is 0 Å². The Morgan fingerprint density at radius 1 is 1.58 bits per heavy atom. The van der Waals surface area contributed by atoms with E-state index in [9.17, 15) is 14.8 Å². The molecule has 1 aromatic rings. The number of hydrogen-bond donors (Lipinski definition) is 1. The number of hydrogen-bond acceptors (Lipinski definition) is 2. The number of nitrogens with zero attached hydrogens (tertiary/aromatic N) is 1. The molecule has 0 spiro atoms. The molecule has 1 aliphatic carbocycles. The van der Waals surface area contributed by atoms with Crippen LogP contribution in [-0.4, -0.2) is 5.11 Å². The van der Waals surface area contributed by atoms with E-state index in [1.807, 2.05) is 0 Å². The third-order valence-corrected chi connectivity index (χ3v) is 4.27. The van der Waals surface area contributed by atoms with Crippen LogP contribution in [0.25, 0.3) is 0 Å². The normalized spacial score (nSPS) is 28.7. The lowest BCUT2D eigenvalue weighted by atomic mass is 9.66. The molecule has 0 aromatic heterocycles. The van der Waals surface area contributed by atoms with Gasteiger partial charge < -0.3 is 5.11 Å². The Balaban J connectivity index is 2.35. The smallest absolute Gasteiger partial charge is 0.130 e. The van der Waals surface area contributed by atoms with E-state index in [1.165, 1.54) is 12.1 Å². The van der Waals surface area contributed by atoms with Crippen molar-refractivity contribution in [3.63, 3.8) is 0 Å². The fraction of sp³-hybridized carbons (Fsp3) is 0.533. The van der Waals surface area contributed by atoms with Crippen LogP contribution in [0.4, 0.5) is 4.39 Å². The second-order valence-electron chi connectivity index (χ2n) is 5.54. The van der Waals surface area contributed by atoms with Crippen molar-refractivity contribution >= 4 is 11.6 Å². The number of nitriles is 1. The van der Waals surface area contributed by atoms with Crippen LogP contribution in [0.3, 0.4) is 0 Å². The Kier molecular flexibility index (Phi) is 4.13. The Morgan fingerprint density at radius 3 is 2.89 bits per heavy atom. The molecule has 0 heterocycles. The lowest BCUT2D eigenvalue weighted by Crippen LogP contribution is -2.33. The summed E-state index contributed by atoms with van der Waals surface area (Å²) in [5.74, 6) is -0.175. The molecule has 0 bridgehead atoms. The van der Waals surface area contributed by atoms with E-state index in [-0.39, 0.29) is 10.6 Å². The van der Waals surface area contributed by atoms with E-state index in [4.69, 9.17) is 11.6 Å². The fourth-order valence-corrected chi connectivity index (χ4v) is 3.18. The average molecular weight is 282 g/mol. The summed E-state index contributed by atoms with van der Waals surface area (Å²) in [5.41, 5.74) is -0.716. The van der Waals surface area contributed by atoms with Gasteiger partial charge in [-0.3, -0.25) is 0 Å². The summed E-state index contributed by atoms with van der Waals surface area (Å²) in [6, 6.07) is 6.43. The molecule has 2 rings (SSSR count). The molecule has 1 N–H and O–H groups in total. The van der Waals surface area contributed by atoms with Crippen molar-refractivity contribution in [1.29, 1.82) is 5.26 Å². The quantitative estimate of drug-likeness (QED) is 0.881. The zero-order valence-corrected chi connectivity index (χ0v) is 11.6. The largest absolute Gasteiger partial charge is 0.387 e. The molecule has 19 heavy (non-hydrogen) atoms. The van der Waals surface area contributed by atoms with Crippen LogP contribution in [0.1, 0.15) is 44.3 Å². The third-order valence-electron chi connectivity index (χ3n) is 4.04. The lowest BCUT2D eigenvalue weighted by Gasteiger charge is -2.38. The third kappa shape index (κ3) is 2.75. The van der Waals surface area contributed by atoms with E-state index in [0.717, 1.165) is 12.8 Å². The average Bonchev–Trinajstić information content (AvgIpc) is 2.38. The number of benzene rings is 1. The van der Waals surface area contributed by atoms with Crippen molar-refractivity contribution in [2.45, 2.75) is 38.7 Å². The number of aliphatic hydroxyl groups excluding tert-OH is 1. The molecule has 0 amide bonds. The van der Waals surface area contributed by atoms with Crippen LogP contribution >= 0.6 is 11.6 Å². The second kappa shape index (κ2) is 5.48. The van der Waals surface area contributed by atoms with Gasteiger partial charge in [0.05, 0.1) is 11.5 Å². The van der Waals surface area contributed by atoms with E-state index >= 15 is 0 Å². The highest BCUT2D eigenvalue weighted by atomic mass is 35.5. The van der Waals surface area contributed by atoms with Crippen LogP contribution in [0.15, 0.2) is 18.2 Å². The summed E-state index contributed by atoms with van der Waals surface area (Å²) in [7, 11) is 0. The van der Waals surface area contributed by atoms with Crippen LogP contribution in [0.5, 0.6) is 0 Å². The number of aliphatic hydroxyl groups is 1.